The largest absolute Gasteiger partial charge is 0.467 e. The predicted molar refractivity (Wildman–Crippen MR) is 93.3 cm³/mol. The number of ether oxygens (including phenoxy) is 1. The second kappa shape index (κ2) is 8.84. The van der Waals surface area contributed by atoms with Crippen molar-refractivity contribution in [3.05, 3.63) is 12.7 Å². The van der Waals surface area contributed by atoms with Gasteiger partial charge in [0.15, 0.2) is 14.4 Å². The first kappa shape index (κ1) is 21.3. The van der Waals surface area contributed by atoms with Crippen molar-refractivity contribution < 1.29 is 19.1 Å². The third kappa shape index (κ3) is 5.52. The monoisotopic (exact) mass is 330 g/mol. The molecule has 0 rings (SSSR count). The quantitative estimate of drug-likeness (QED) is 0.287. The minimum atomic E-state index is -1.81. The van der Waals surface area contributed by atoms with E-state index in [-0.39, 0.29) is 11.0 Å². The number of esters is 1. The van der Waals surface area contributed by atoms with E-state index in [0.717, 1.165) is 6.42 Å². The third-order valence-corrected chi connectivity index (χ3v) is 9.90. The van der Waals surface area contributed by atoms with Crippen molar-refractivity contribution in [2.45, 2.75) is 64.8 Å². The summed E-state index contributed by atoms with van der Waals surface area (Å²) < 4.78 is 10.8. The van der Waals surface area contributed by atoms with Crippen LogP contribution in [-0.2, 0) is 14.0 Å². The van der Waals surface area contributed by atoms with Gasteiger partial charge in [-0.15, -0.1) is 6.58 Å². The zero-order valence-corrected chi connectivity index (χ0v) is 16.3. The van der Waals surface area contributed by atoms with Gasteiger partial charge in [0.05, 0.1) is 7.11 Å². The minimum Gasteiger partial charge on any atom is -0.467 e. The van der Waals surface area contributed by atoms with E-state index in [1.54, 1.807) is 6.08 Å². The lowest BCUT2D eigenvalue weighted by Crippen LogP contribution is -2.45. The van der Waals surface area contributed by atoms with Gasteiger partial charge >= 0.3 is 5.97 Å². The smallest absolute Gasteiger partial charge is 0.335 e. The molecule has 0 spiro atoms. The summed E-state index contributed by atoms with van der Waals surface area (Å²) in [7, 11) is -0.537. The minimum absolute atomic E-state index is 0.191. The Bertz CT molecular complexity index is 364. The molecule has 5 heteroatoms. The Morgan fingerprint density at radius 1 is 1.36 bits per heavy atom. The average molecular weight is 331 g/mol. The number of methoxy groups -OCH3 is 1. The molecule has 130 valence electrons. The third-order valence-electron chi connectivity index (χ3n) is 5.29. The summed E-state index contributed by atoms with van der Waals surface area (Å²) in [5.74, 6) is -0.336. The molecule has 22 heavy (non-hydrogen) atoms. The van der Waals surface area contributed by atoms with Gasteiger partial charge in [-0.05, 0) is 36.9 Å². The topological polar surface area (TPSA) is 55.8 Å². The summed E-state index contributed by atoms with van der Waals surface area (Å²) in [6.45, 7) is 17.9. The first-order chi connectivity index (χ1) is 10.0. The van der Waals surface area contributed by atoms with Crippen molar-refractivity contribution in [2.24, 2.45) is 11.8 Å². The molecular formula is C17H34O4Si. The summed E-state index contributed by atoms with van der Waals surface area (Å²) in [5, 5.41) is 10.1. The highest BCUT2D eigenvalue weighted by Crippen LogP contribution is 2.44. The normalized spacial score (nSPS) is 15.5. The molecule has 0 aliphatic heterocycles. The Morgan fingerprint density at radius 2 is 1.91 bits per heavy atom. The highest BCUT2D eigenvalue weighted by Gasteiger charge is 2.43. The Morgan fingerprint density at radius 3 is 2.32 bits per heavy atom. The zero-order chi connectivity index (χ0) is 17.6. The fourth-order valence-corrected chi connectivity index (χ4v) is 4.64. The van der Waals surface area contributed by atoms with E-state index < -0.39 is 20.4 Å². The van der Waals surface area contributed by atoms with Gasteiger partial charge in [-0.3, -0.25) is 0 Å². The van der Waals surface area contributed by atoms with Crippen LogP contribution in [0.4, 0.5) is 0 Å². The number of carbonyl (C=O) groups excluding carboxylic acids is 1. The Balaban J connectivity index is 4.41. The van der Waals surface area contributed by atoms with Crippen molar-refractivity contribution in [3.63, 3.8) is 0 Å². The van der Waals surface area contributed by atoms with E-state index >= 15 is 0 Å². The van der Waals surface area contributed by atoms with E-state index in [0.29, 0.717) is 18.9 Å². The SMILES string of the molecule is C=CC(CCCO[Si](C)(C)C(C)(C)C(C)C)C(O)C(=O)OC. The lowest BCUT2D eigenvalue weighted by atomic mass is 9.97. The summed E-state index contributed by atoms with van der Waals surface area (Å²) in [6, 6.07) is 0. The molecule has 0 bridgehead atoms. The predicted octanol–water partition coefficient (Wildman–Crippen LogP) is 3.76. The summed E-state index contributed by atoms with van der Waals surface area (Å²) in [4.78, 5) is 11.4. The van der Waals surface area contributed by atoms with Crippen LogP contribution in [0, 0.1) is 11.8 Å². The van der Waals surface area contributed by atoms with Gasteiger partial charge in [-0.2, -0.15) is 0 Å². The van der Waals surface area contributed by atoms with Gasteiger partial charge in [0.1, 0.15) is 0 Å². The molecule has 0 saturated heterocycles. The summed E-state index contributed by atoms with van der Waals surface area (Å²) in [5.41, 5.74) is 0. The van der Waals surface area contributed by atoms with Crippen molar-refractivity contribution in [1.29, 1.82) is 0 Å². The molecule has 2 unspecified atom stereocenters. The van der Waals surface area contributed by atoms with Crippen LogP contribution in [0.2, 0.25) is 18.1 Å². The molecule has 0 radical (unpaired) electrons. The van der Waals surface area contributed by atoms with Crippen molar-refractivity contribution in [3.8, 4) is 0 Å². The standard InChI is InChI=1S/C17H34O4Si/c1-9-14(15(18)16(19)20-6)11-10-12-21-22(7,8)17(4,5)13(2)3/h9,13-15,18H,1,10-12H2,2-8H3. The van der Waals surface area contributed by atoms with Crippen LogP contribution in [0.15, 0.2) is 12.7 Å². The van der Waals surface area contributed by atoms with Gasteiger partial charge in [0.25, 0.3) is 0 Å². The highest BCUT2D eigenvalue weighted by molar-refractivity contribution is 6.74. The first-order valence-corrected chi connectivity index (χ1v) is 10.9. The maximum atomic E-state index is 11.4. The number of rotatable bonds is 10. The van der Waals surface area contributed by atoms with Crippen molar-refractivity contribution in [1.82, 2.24) is 0 Å². The molecule has 0 aliphatic carbocycles. The summed E-state index contributed by atoms with van der Waals surface area (Å²) in [6.07, 6.45) is 1.92. The zero-order valence-electron chi connectivity index (χ0n) is 15.3. The number of aliphatic hydroxyl groups excluding tert-OH is 1. The van der Waals surface area contributed by atoms with Gasteiger partial charge in [0, 0.05) is 12.5 Å². The first-order valence-electron chi connectivity index (χ1n) is 8.03. The summed E-state index contributed by atoms with van der Waals surface area (Å²) >= 11 is 0. The molecule has 1 N–H and O–H groups in total. The number of hydrogen-bond donors (Lipinski definition) is 1. The van der Waals surface area contributed by atoms with E-state index in [9.17, 15) is 9.90 Å². The second-order valence-corrected chi connectivity index (χ2v) is 11.8. The molecule has 0 aromatic rings. The Labute approximate surface area is 137 Å². The van der Waals surface area contributed by atoms with Gasteiger partial charge in [0.2, 0.25) is 0 Å². The molecule has 0 aromatic carbocycles. The molecule has 0 amide bonds. The molecule has 4 nitrogen and oxygen atoms in total. The molecular weight excluding hydrogens is 296 g/mol. The van der Waals surface area contributed by atoms with E-state index in [4.69, 9.17) is 4.43 Å². The molecule has 0 aliphatic rings. The van der Waals surface area contributed by atoms with Gasteiger partial charge < -0.3 is 14.3 Å². The van der Waals surface area contributed by atoms with Crippen LogP contribution >= 0.6 is 0 Å². The van der Waals surface area contributed by atoms with Crippen LogP contribution in [0.3, 0.4) is 0 Å². The van der Waals surface area contributed by atoms with Crippen LogP contribution in [0.5, 0.6) is 0 Å². The van der Waals surface area contributed by atoms with E-state index in [2.05, 4.69) is 52.1 Å². The van der Waals surface area contributed by atoms with E-state index in [1.165, 1.54) is 7.11 Å². The maximum absolute atomic E-state index is 11.4. The fraction of sp³-hybridized carbons (Fsp3) is 0.824. The highest BCUT2D eigenvalue weighted by atomic mass is 28.4. The molecule has 2 atom stereocenters. The van der Waals surface area contributed by atoms with Gasteiger partial charge in [-0.1, -0.05) is 33.8 Å². The average Bonchev–Trinajstić information content (AvgIpc) is 2.45. The number of carbonyl (C=O) groups is 1. The lowest BCUT2D eigenvalue weighted by molar-refractivity contribution is -0.152. The Kier molecular flexibility index (Phi) is 8.58. The van der Waals surface area contributed by atoms with Crippen molar-refractivity contribution in [2.75, 3.05) is 13.7 Å². The molecule has 0 fully saturated rings. The van der Waals surface area contributed by atoms with Crippen LogP contribution in [0.25, 0.3) is 0 Å². The van der Waals surface area contributed by atoms with Crippen LogP contribution in [0.1, 0.15) is 40.5 Å². The van der Waals surface area contributed by atoms with E-state index in [1.807, 2.05) is 0 Å². The van der Waals surface area contributed by atoms with Gasteiger partial charge in [-0.25, -0.2) is 4.79 Å². The molecule has 0 saturated carbocycles. The van der Waals surface area contributed by atoms with Crippen LogP contribution in [-0.4, -0.2) is 39.2 Å². The molecule has 0 heterocycles. The maximum Gasteiger partial charge on any atom is 0.335 e. The van der Waals surface area contributed by atoms with Crippen molar-refractivity contribution >= 4 is 14.3 Å². The lowest BCUT2D eigenvalue weighted by Gasteiger charge is -2.42. The number of hydrogen-bond acceptors (Lipinski definition) is 4. The number of aliphatic hydroxyl groups is 1. The molecule has 0 aromatic heterocycles. The second-order valence-electron chi connectivity index (χ2n) is 7.24. The fourth-order valence-electron chi connectivity index (χ4n) is 2.23. The van der Waals surface area contributed by atoms with Crippen LogP contribution < -0.4 is 0 Å². The Hall–Kier alpha value is -0.653.